The molecule has 0 unspecified atom stereocenters. The van der Waals surface area contributed by atoms with Crippen LogP contribution in [0.5, 0.6) is 0 Å². The van der Waals surface area contributed by atoms with Crippen molar-refractivity contribution in [3.63, 3.8) is 0 Å². The van der Waals surface area contributed by atoms with E-state index < -0.39 is 0 Å². The molecule has 1 heterocycles. The minimum atomic E-state index is -0.217. The van der Waals surface area contributed by atoms with Crippen LogP contribution in [0.15, 0.2) is 4.52 Å². The SMILES string of the molecule is COCc1noc(CNC(=O)COC(C)C)n1. The Morgan fingerprint density at radius 3 is 2.94 bits per heavy atom. The molecule has 17 heavy (non-hydrogen) atoms. The maximum Gasteiger partial charge on any atom is 0.246 e. The molecule has 0 saturated heterocycles. The van der Waals surface area contributed by atoms with Crippen molar-refractivity contribution in [1.29, 1.82) is 0 Å². The number of amides is 1. The average Bonchev–Trinajstić information content (AvgIpc) is 2.72. The number of nitrogens with zero attached hydrogens (tertiary/aromatic N) is 2. The molecule has 0 spiro atoms. The molecule has 7 heteroatoms. The Balaban J connectivity index is 2.26. The lowest BCUT2D eigenvalue weighted by molar-refractivity contribution is -0.127. The Labute approximate surface area is 99.5 Å². The van der Waals surface area contributed by atoms with Crippen molar-refractivity contribution in [1.82, 2.24) is 15.5 Å². The molecule has 1 aromatic heterocycles. The number of aromatic nitrogens is 2. The first kappa shape index (κ1) is 13.6. The highest BCUT2D eigenvalue weighted by molar-refractivity contribution is 5.77. The molecule has 0 saturated carbocycles. The van der Waals surface area contributed by atoms with Gasteiger partial charge in [0.15, 0.2) is 5.82 Å². The van der Waals surface area contributed by atoms with Gasteiger partial charge in [-0.1, -0.05) is 5.16 Å². The van der Waals surface area contributed by atoms with Crippen LogP contribution in [0, 0.1) is 0 Å². The van der Waals surface area contributed by atoms with Crippen molar-refractivity contribution >= 4 is 5.91 Å². The zero-order chi connectivity index (χ0) is 12.7. The molecule has 0 bridgehead atoms. The molecule has 0 fully saturated rings. The second-order valence-electron chi connectivity index (χ2n) is 3.67. The van der Waals surface area contributed by atoms with Gasteiger partial charge in [-0.15, -0.1) is 0 Å². The van der Waals surface area contributed by atoms with Gasteiger partial charge in [0.2, 0.25) is 11.8 Å². The lowest BCUT2D eigenvalue weighted by Gasteiger charge is -2.06. The number of rotatable bonds is 7. The third kappa shape index (κ3) is 5.41. The summed E-state index contributed by atoms with van der Waals surface area (Å²) in [6.45, 7) is 4.23. The standard InChI is InChI=1S/C10H17N3O4/c1-7(2)16-6-9(14)11-4-10-12-8(5-15-3)13-17-10/h7H,4-6H2,1-3H3,(H,11,14). The molecule has 1 amide bonds. The second-order valence-corrected chi connectivity index (χ2v) is 3.67. The molecule has 0 aromatic carbocycles. The van der Waals surface area contributed by atoms with E-state index in [9.17, 15) is 4.79 Å². The molecule has 1 aromatic rings. The van der Waals surface area contributed by atoms with E-state index in [-0.39, 0.29) is 31.8 Å². The number of ether oxygens (including phenoxy) is 2. The van der Waals surface area contributed by atoms with Crippen LogP contribution >= 0.6 is 0 Å². The number of methoxy groups -OCH3 is 1. The first-order valence-electron chi connectivity index (χ1n) is 5.30. The Hall–Kier alpha value is -1.47. The van der Waals surface area contributed by atoms with Crippen LogP contribution in [0.3, 0.4) is 0 Å². The monoisotopic (exact) mass is 243 g/mol. The predicted octanol–water partition coefficient (Wildman–Crippen LogP) is 0.257. The van der Waals surface area contributed by atoms with E-state index in [2.05, 4.69) is 15.5 Å². The van der Waals surface area contributed by atoms with Crippen molar-refractivity contribution in [2.75, 3.05) is 13.7 Å². The van der Waals surface area contributed by atoms with Gasteiger partial charge in [0, 0.05) is 7.11 Å². The maximum absolute atomic E-state index is 11.3. The van der Waals surface area contributed by atoms with Crippen LogP contribution in [0.4, 0.5) is 0 Å². The van der Waals surface area contributed by atoms with Crippen molar-refractivity contribution < 1.29 is 18.8 Å². The Morgan fingerprint density at radius 2 is 2.29 bits per heavy atom. The number of carbonyl (C=O) groups is 1. The lowest BCUT2D eigenvalue weighted by Crippen LogP contribution is -2.28. The zero-order valence-electron chi connectivity index (χ0n) is 10.2. The van der Waals surface area contributed by atoms with E-state index in [0.29, 0.717) is 11.7 Å². The number of hydrogen-bond donors (Lipinski definition) is 1. The fourth-order valence-electron chi connectivity index (χ4n) is 1.02. The van der Waals surface area contributed by atoms with Crippen molar-refractivity contribution in [3.05, 3.63) is 11.7 Å². The van der Waals surface area contributed by atoms with E-state index in [0.717, 1.165) is 0 Å². The molecule has 1 rings (SSSR count). The second kappa shape index (κ2) is 6.97. The highest BCUT2D eigenvalue weighted by atomic mass is 16.5. The van der Waals surface area contributed by atoms with Gasteiger partial charge in [0.25, 0.3) is 0 Å². The minimum Gasteiger partial charge on any atom is -0.377 e. The molecule has 1 N–H and O–H groups in total. The summed E-state index contributed by atoms with van der Waals surface area (Å²) < 4.78 is 14.9. The van der Waals surface area contributed by atoms with Crippen molar-refractivity contribution in [2.24, 2.45) is 0 Å². The third-order valence-corrected chi connectivity index (χ3v) is 1.77. The van der Waals surface area contributed by atoms with Crippen LogP contribution in [0.2, 0.25) is 0 Å². The summed E-state index contributed by atoms with van der Waals surface area (Å²) in [6, 6.07) is 0. The van der Waals surface area contributed by atoms with Gasteiger partial charge < -0.3 is 19.3 Å². The molecular weight excluding hydrogens is 226 g/mol. The molecule has 0 radical (unpaired) electrons. The minimum absolute atomic E-state index is 0.0245. The van der Waals surface area contributed by atoms with Gasteiger partial charge in [0.05, 0.1) is 12.6 Å². The van der Waals surface area contributed by atoms with E-state index in [1.165, 1.54) is 0 Å². The van der Waals surface area contributed by atoms with Gasteiger partial charge in [-0.05, 0) is 13.8 Å². The molecule has 0 aliphatic rings. The van der Waals surface area contributed by atoms with Crippen molar-refractivity contribution in [3.8, 4) is 0 Å². The molecule has 0 aliphatic carbocycles. The van der Waals surface area contributed by atoms with E-state index in [4.69, 9.17) is 14.0 Å². The van der Waals surface area contributed by atoms with Gasteiger partial charge in [-0.2, -0.15) is 4.98 Å². The van der Waals surface area contributed by atoms with Crippen LogP contribution < -0.4 is 5.32 Å². The summed E-state index contributed by atoms with van der Waals surface area (Å²) in [7, 11) is 1.54. The predicted molar refractivity (Wildman–Crippen MR) is 57.9 cm³/mol. The first-order chi connectivity index (χ1) is 8.11. The van der Waals surface area contributed by atoms with Crippen LogP contribution in [0.1, 0.15) is 25.6 Å². The maximum atomic E-state index is 11.3. The van der Waals surface area contributed by atoms with Crippen LogP contribution in [0.25, 0.3) is 0 Å². The van der Waals surface area contributed by atoms with Gasteiger partial charge >= 0.3 is 0 Å². The molecular formula is C10H17N3O4. The highest BCUT2D eigenvalue weighted by Crippen LogP contribution is 1.98. The molecule has 0 aliphatic heterocycles. The summed E-state index contributed by atoms with van der Waals surface area (Å²) in [5.74, 6) is 0.579. The first-order valence-corrected chi connectivity index (χ1v) is 5.30. The van der Waals surface area contributed by atoms with Crippen LogP contribution in [-0.4, -0.2) is 35.9 Å². The smallest absolute Gasteiger partial charge is 0.246 e. The Bertz CT molecular complexity index is 351. The summed E-state index contributed by atoms with van der Waals surface area (Å²) in [5.41, 5.74) is 0. The highest BCUT2D eigenvalue weighted by Gasteiger charge is 2.08. The van der Waals surface area contributed by atoms with E-state index in [1.807, 2.05) is 13.8 Å². The lowest BCUT2D eigenvalue weighted by atomic mass is 10.5. The molecule has 96 valence electrons. The molecule has 7 nitrogen and oxygen atoms in total. The third-order valence-electron chi connectivity index (χ3n) is 1.77. The summed E-state index contributed by atoms with van der Waals surface area (Å²) in [6.07, 6.45) is 0.0254. The number of hydrogen-bond acceptors (Lipinski definition) is 6. The van der Waals surface area contributed by atoms with E-state index in [1.54, 1.807) is 7.11 Å². The topological polar surface area (TPSA) is 86.5 Å². The summed E-state index contributed by atoms with van der Waals surface area (Å²) in [4.78, 5) is 15.3. The van der Waals surface area contributed by atoms with Gasteiger partial charge in [-0.25, -0.2) is 0 Å². The Morgan fingerprint density at radius 1 is 1.53 bits per heavy atom. The molecule has 0 atom stereocenters. The van der Waals surface area contributed by atoms with Gasteiger partial charge in [-0.3, -0.25) is 4.79 Å². The fourth-order valence-corrected chi connectivity index (χ4v) is 1.02. The largest absolute Gasteiger partial charge is 0.377 e. The normalized spacial score (nSPS) is 10.8. The summed E-state index contributed by atoms with van der Waals surface area (Å²) >= 11 is 0. The summed E-state index contributed by atoms with van der Waals surface area (Å²) in [5, 5.41) is 6.27. The average molecular weight is 243 g/mol. The Kier molecular flexibility index (Phi) is 5.58. The zero-order valence-corrected chi connectivity index (χ0v) is 10.2. The number of nitrogens with one attached hydrogen (secondary N) is 1. The van der Waals surface area contributed by atoms with E-state index >= 15 is 0 Å². The fraction of sp³-hybridized carbons (Fsp3) is 0.700. The quantitative estimate of drug-likeness (QED) is 0.739. The van der Waals surface area contributed by atoms with Crippen molar-refractivity contribution in [2.45, 2.75) is 33.1 Å². The van der Waals surface area contributed by atoms with Crippen LogP contribution in [-0.2, 0) is 27.4 Å². The number of carbonyl (C=O) groups excluding carboxylic acids is 1. The van der Waals surface area contributed by atoms with Gasteiger partial charge in [0.1, 0.15) is 13.2 Å².